The van der Waals surface area contributed by atoms with Crippen molar-refractivity contribution < 1.29 is 26.4 Å². The summed E-state index contributed by atoms with van der Waals surface area (Å²) in [5, 5.41) is 2.64. The third-order valence-corrected chi connectivity index (χ3v) is 5.27. The molecule has 0 heterocycles. The van der Waals surface area contributed by atoms with Crippen LogP contribution in [0.4, 0.5) is 18.9 Å². The molecule has 0 aromatic heterocycles. The Labute approximate surface area is 153 Å². The molecule has 0 unspecified atom stereocenters. The second kappa shape index (κ2) is 7.65. The van der Waals surface area contributed by atoms with Crippen LogP contribution in [0.2, 0.25) is 5.02 Å². The second-order valence-electron chi connectivity index (χ2n) is 5.31. The number of alkyl halides is 3. The summed E-state index contributed by atoms with van der Waals surface area (Å²) in [6.07, 6.45) is -4.85. The summed E-state index contributed by atoms with van der Waals surface area (Å²) >= 11 is 5.89. The Kier molecular flexibility index (Phi) is 5.94. The standard InChI is InChI=1S/C16H14ClF3N2O3S/c1-10(15(23)21-13-8-4-3-7-12(13)17)22-26(24,25)14-9-5-2-6-11(14)16(18,19)20/h2-10,22H,1H3,(H,21,23)/t10-/m1/s1. The number of nitrogens with one attached hydrogen (secondary N) is 2. The summed E-state index contributed by atoms with van der Waals surface area (Å²) in [7, 11) is -4.58. The van der Waals surface area contributed by atoms with E-state index in [2.05, 4.69) is 5.32 Å². The average molecular weight is 407 g/mol. The number of hydrogen-bond donors (Lipinski definition) is 2. The van der Waals surface area contributed by atoms with Crippen LogP contribution in [0, 0.1) is 0 Å². The number of anilines is 1. The molecule has 2 N–H and O–H groups in total. The minimum Gasteiger partial charge on any atom is -0.323 e. The fraction of sp³-hybridized carbons (Fsp3) is 0.188. The summed E-state index contributed by atoms with van der Waals surface area (Å²) in [4.78, 5) is 11.2. The monoisotopic (exact) mass is 406 g/mol. The van der Waals surface area contributed by atoms with E-state index in [-0.39, 0.29) is 10.7 Å². The van der Waals surface area contributed by atoms with E-state index in [4.69, 9.17) is 11.6 Å². The van der Waals surface area contributed by atoms with Crippen molar-refractivity contribution in [3.63, 3.8) is 0 Å². The Morgan fingerprint density at radius 2 is 1.65 bits per heavy atom. The van der Waals surface area contributed by atoms with Crippen LogP contribution in [0.3, 0.4) is 0 Å². The number of rotatable bonds is 5. The summed E-state index contributed by atoms with van der Waals surface area (Å²) in [6.45, 7) is 1.21. The van der Waals surface area contributed by atoms with Crippen LogP contribution in [0.15, 0.2) is 53.4 Å². The largest absolute Gasteiger partial charge is 0.417 e. The Morgan fingerprint density at radius 1 is 1.08 bits per heavy atom. The van der Waals surface area contributed by atoms with Crippen LogP contribution in [0.25, 0.3) is 0 Å². The van der Waals surface area contributed by atoms with Crippen molar-refractivity contribution in [1.82, 2.24) is 4.72 Å². The Balaban J connectivity index is 2.22. The van der Waals surface area contributed by atoms with E-state index in [0.717, 1.165) is 18.2 Å². The lowest BCUT2D eigenvalue weighted by Gasteiger charge is -2.17. The number of sulfonamides is 1. The van der Waals surface area contributed by atoms with Gasteiger partial charge >= 0.3 is 6.18 Å². The molecule has 2 aromatic carbocycles. The average Bonchev–Trinajstić information content (AvgIpc) is 2.55. The molecule has 0 aliphatic carbocycles. The molecule has 2 aromatic rings. The quantitative estimate of drug-likeness (QED) is 0.795. The summed E-state index contributed by atoms with van der Waals surface area (Å²) < 4.78 is 65.6. The molecule has 0 spiro atoms. The van der Waals surface area contributed by atoms with Crippen molar-refractivity contribution in [1.29, 1.82) is 0 Å². The first kappa shape index (κ1) is 20.2. The first-order valence-corrected chi connectivity index (χ1v) is 9.12. The highest BCUT2D eigenvalue weighted by Crippen LogP contribution is 2.34. The van der Waals surface area contributed by atoms with Gasteiger partial charge in [0.1, 0.15) is 0 Å². The maximum atomic E-state index is 13.0. The number of halogens is 4. The molecule has 0 aliphatic heterocycles. The van der Waals surface area contributed by atoms with Gasteiger partial charge in [0.05, 0.1) is 27.2 Å². The zero-order chi connectivity index (χ0) is 19.5. The minimum absolute atomic E-state index is 0.235. The molecule has 10 heteroatoms. The van der Waals surface area contributed by atoms with E-state index in [9.17, 15) is 26.4 Å². The van der Waals surface area contributed by atoms with Gasteiger partial charge < -0.3 is 5.32 Å². The van der Waals surface area contributed by atoms with Gasteiger partial charge in [0.2, 0.25) is 15.9 Å². The molecule has 0 radical (unpaired) electrons. The third-order valence-electron chi connectivity index (χ3n) is 3.34. The Hall–Kier alpha value is -2.10. The van der Waals surface area contributed by atoms with Crippen molar-refractivity contribution in [2.45, 2.75) is 24.0 Å². The fourth-order valence-corrected chi connectivity index (χ4v) is 3.70. The molecule has 140 valence electrons. The van der Waals surface area contributed by atoms with Crippen LogP contribution in [0.5, 0.6) is 0 Å². The molecule has 5 nitrogen and oxygen atoms in total. The SMILES string of the molecule is C[C@@H](NS(=O)(=O)c1ccccc1C(F)(F)F)C(=O)Nc1ccccc1Cl. The van der Waals surface area contributed by atoms with E-state index in [1.54, 1.807) is 12.1 Å². The number of carbonyl (C=O) groups is 1. The van der Waals surface area contributed by atoms with Gasteiger partial charge in [-0.25, -0.2) is 8.42 Å². The van der Waals surface area contributed by atoms with Gasteiger partial charge in [0.25, 0.3) is 0 Å². The van der Waals surface area contributed by atoms with Gasteiger partial charge in [-0.1, -0.05) is 35.9 Å². The molecule has 1 atom stereocenters. The third kappa shape index (κ3) is 4.75. The second-order valence-corrected chi connectivity index (χ2v) is 7.40. The van der Waals surface area contributed by atoms with Crippen LogP contribution >= 0.6 is 11.6 Å². The number of amides is 1. The lowest BCUT2D eigenvalue weighted by molar-refractivity contribution is -0.139. The zero-order valence-electron chi connectivity index (χ0n) is 13.3. The first-order valence-electron chi connectivity index (χ1n) is 7.26. The van der Waals surface area contributed by atoms with E-state index in [1.165, 1.54) is 19.1 Å². The molecular weight excluding hydrogens is 393 g/mol. The fourth-order valence-electron chi connectivity index (χ4n) is 2.09. The molecular formula is C16H14ClF3N2O3S. The van der Waals surface area contributed by atoms with Gasteiger partial charge in [-0.2, -0.15) is 17.9 Å². The maximum Gasteiger partial charge on any atom is 0.417 e. The van der Waals surface area contributed by atoms with Crippen LogP contribution < -0.4 is 10.0 Å². The molecule has 26 heavy (non-hydrogen) atoms. The first-order chi connectivity index (χ1) is 12.0. The Morgan fingerprint density at radius 3 is 2.27 bits per heavy atom. The number of benzene rings is 2. The molecule has 0 aliphatic rings. The minimum atomic E-state index is -4.85. The van der Waals surface area contributed by atoms with Gasteiger partial charge in [-0.15, -0.1) is 0 Å². The summed E-state index contributed by atoms with van der Waals surface area (Å²) in [5.74, 6) is -0.772. The van der Waals surface area contributed by atoms with E-state index in [1.807, 2.05) is 4.72 Å². The molecule has 0 saturated heterocycles. The van der Waals surface area contributed by atoms with Gasteiger partial charge in [-0.05, 0) is 31.2 Å². The van der Waals surface area contributed by atoms with Gasteiger partial charge in [0, 0.05) is 0 Å². The van der Waals surface area contributed by atoms with E-state index < -0.39 is 38.6 Å². The molecule has 0 fully saturated rings. The summed E-state index contributed by atoms with van der Waals surface area (Å²) in [6, 6.07) is 8.65. The van der Waals surface area contributed by atoms with Crippen LogP contribution in [-0.2, 0) is 21.0 Å². The molecule has 0 bridgehead atoms. The number of para-hydroxylation sites is 1. The van der Waals surface area contributed by atoms with Crippen molar-refractivity contribution >= 4 is 33.2 Å². The number of carbonyl (C=O) groups excluding carboxylic acids is 1. The smallest absolute Gasteiger partial charge is 0.323 e. The van der Waals surface area contributed by atoms with E-state index >= 15 is 0 Å². The highest BCUT2D eigenvalue weighted by atomic mass is 35.5. The van der Waals surface area contributed by atoms with Gasteiger partial charge in [-0.3, -0.25) is 4.79 Å². The zero-order valence-corrected chi connectivity index (χ0v) is 14.9. The van der Waals surface area contributed by atoms with Crippen molar-refractivity contribution in [3.05, 3.63) is 59.1 Å². The molecule has 0 saturated carbocycles. The summed E-state index contributed by atoms with van der Waals surface area (Å²) in [5.41, 5.74) is -1.06. The Bertz CT molecular complexity index is 917. The van der Waals surface area contributed by atoms with Gasteiger partial charge in [0.15, 0.2) is 0 Å². The van der Waals surface area contributed by atoms with Crippen molar-refractivity contribution in [2.24, 2.45) is 0 Å². The normalized spacial score (nSPS) is 13.3. The molecule has 2 rings (SSSR count). The van der Waals surface area contributed by atoms with E-state index in [0.29, 0.717) is 6.07 Å². The molecule has 1 amide bonds. The topological polar surface area (TPSA) is 75.3 Å². The van der Waals surface area contributed by atoms with Crippen molar-refractivity contribution in [3.8, 4) is 0 Å². The van der Waals surface area contributed by atoms with Crippen LogP contribution in [-0.4, -0.2) is 20.4 Å². The lowest BCUT2D eigenvalue weighted by Crippen LogP contribution is -2.42. The van der Waals surface area contributed by atoms with Crippen LogP contribution in [0.1, 0.15) is 12.5 Å². The lowest BCUT2D eigenvalue weighted by atomic mass is 10.2. The maximum absolute atomic E-state index is 13.0. The number of hydrogen-bond acceptors (Lipinski definition) is 3. The predicted molar refractivity (Wildman–Crippen MR) is 91.3 cm³/mol. The van der Waals surface area contributed by atoms with Crippen molar-refractivity contribution in [2.75, 3.05) is 5.32 Å². The highest BCUT2D eigenvalue weighted by Gasteiger charge is 2.37. The predicted octanol–water partition coefficient (Wildman–Crippen LogP) is 3.66. The highest BCUT2D eigenvalue weighted by molar-refractivity contribution is 7.89.